The predicted octanol–water partition coefficient (Wildman–Crippen LogP) is 5.17. The molecule has 128 valence electrons. The Morgan fingerprint density at radius 3 is 2.80 bits per heavy atom. The van der Waals surface area contributed by atoms with E-state index in [0.29, 0.717) is 10.7 Å². The van der Waals surface area contributed by atoms with Crippen LogP contribution in [0.4, 0.5) is 0 Å². The second-order valence-corrected chi connectivity index (χ2v) is 8.00. The predicted molar refractivity (Wildman–Crippen MR) is 105 cm³/mol. The molecule has 1 amide bonds. The van der Waals surface area contributed by atoms with Crippen LogP contribution < -0.4 is 0 Å². The van der Waals surface area contributed by atoms with E-state index in [0.717, 1.165) is 34.1 Å². The van der Waals surface area contributed by atoms with Gasteiger partial charge >= 0.3 is 0 Å². The monoisotopic (exact) mass is 416 g/mol. The van der Waals surface area contributed by atoms with Gasteiger partial charge in [-0.1, -0.05) is 28.1 Å². The van der Waals surface area contributed by atoms with Gasteiger partial charge in [0.2, 0.25) is 0 Å². The first-order valence-electron chi connectivity index (χ1n) is 8.32. The van der Waals surface area contributed by atoms with E-state index < -0.39 is 0 Å². The Balaban J connectivity index is 1.51. The number of hydrogen-bond donors (Lipinski definition) is 0. The molecule has 1 aromatic carbocycles. The number of furan rings is 1. The van der Waals surface area contributed by atoms with Gasteiger partial charge in [-0.3, -0.25) is 4.79 Å². The van der Waals surface area contributed by atoms with Gasteiger partial charge in [-0.25, -0.2) is 0 Å². The zero-order chi connectivity index (χ0) is 17.2. The van der Waals surface area contributed by atoms with E-state index >= 15 is 0 Å². The average molecular weight is 417 g/mol. The third-order valence-corrected chi connectivity index (χ3v) is 5.78. The SMILES string of the molecule is O=C1N=C(N2CCCCC2)SC1=Cc1ccc(-c2cccc(Br)c2)o1. The molecule has 0 aliphatic carbocycles. The van der Waals surface area contributed by atoms with E-state index in [-0.39, 0.29) is 5.91 Å². The number of hydrogen-bond acceptors (Lipinski definition) is 4. The number of aliphatic imine (C=N–C) groups is 1. The van der Waals surface area contributed by atoms with Gasteiger partial charge in [-0.05, 0) is 55.3 Å². The molecule has 0 spiro atoms. The minimum Gasteiger partial charge on any atom is -0.457 e. The largest absolute Gasteiger partial charge is 0.457 e. The molecule has 2 aromatic rings. The number of carbonyl (C=O) groups is 1. The van der Waals surface area contributed by atoms with Crippen molar-refractivity contribution in [2.75, 3.05) is 13.1 Å². The Bertz CT molecular complexity index is 866. The molecule has 3 heterocycles. The Labute approximate surface area is 159 Å². The number of rotatable bonds is 2. The van der Waals surface area contributed by atoms with Crippen LogP contribution in [0.5, 0.6) is 0 Å². The molecule has 2 aliphatic heterocycles. The lowest BCUT2D eigenvalue weighted by molar-refractivity contribution is -0.113. The fourth-order valence-electron chi connectivity index (χ4n) is 2.97. The second-order valence-electron chi connectivity index (χ2n) is 6.07. The molecule has 4 rings (SSSR count). The van der Waals surface area contributed by atoms with Gasteiger partial charge in [0.25, 0.3) is 5.91 Å². The first-order chi connectivity index (χ1) is 12.2. The summed E-state index contributed by atoms with van der Waals surface area (Å²) in [5.74, 6) is 1.27. The van der Waals surface area contributed by atoms with Crippen LogP contribution in [0.25, 0.3) is 17.4 Å². The molecule has 25 heavy (non-hydrogen) atoms. The first kappa shape index (κ1) is 16.7. The summed E-state index contributed by atoms with van der Waals surface area (Å²) in [6, 6.07) is 11.7. The number of nitrogens with zero attached hydrogens (tertiary/aromatic N) is 2. The number of benzene rings is 1. The van der Waals surface area contributed by atoms with Gasteiger partial charge in [0.1, 0.15) is 11.5 Å². The highest BCUT2D eigenvalue weighted by Crippen LogP contribution is 2.33. The maximum Gasteiger partial charge on any atom is 0.286 e. The standard InChI is InChI=1S/C19H17BrN2O2S/c20-14-6-4-5-13(11-14)16-8-7-15(24-16)12-17-18(23)21-19(25-17)22-9-2-1-3-10-22/h4-8,11-12H,1-3,9-10H2. The van der Waals surface area contributed by atoms with Crippen molar-refractivity contribution in [3.8, 4) is 11.3 Å². The number of halogens is 1. The Morgan fingerprint density at radius 2 is 2.00 bits per heavy atom. The van der Waals surface area contributed by atoms with Crippen molar-refractivity contribution < 1.29 is 9.21 Å². The van der Waals surface area contributed by atoms with Crippen molar-refractivity contribution in [3.63, 3.8) is 0 Å². The summed E-state index contributed by atoms with van der Waals surface area (Å²) in [6.07, 6.45) is 5.38. The highest BCUT2D eigenvalue weighted by molar-refractivity contribution is 9.10. The van der Waals surface area contributed by atoms with Crippen LogP contribution in [0.15, 0.2) is 55.2 Å². The van der Waals surface area contributed by atoms with Crippen LogP contribution in [-0.2, 0) is 4.79 Å². The topological polar surface area (TPSA) is 45.8 Å². The van der Waals surface area contributed by atoms with Gasteiger partial charge in [0, 0.05) is 29.2 Å². The zero-order valence-electron chi connectivity index (χ0n) is 13.6. The highest BCUT2D eigenvalue weighted by atomic mass is 79.9. The number of amides is 1. The maximum absolute atomic E-state index is 12.2. The van der Waals surface area contributed by atoms with Gasteiger partial charge in [0.15, 0.2) is 5.17 Å². The zero-order valence-corrected chi connectivity index (χ0v) is 16.0. The summed E-state index contributed by atoms with van der Waals surface area (Å²) in [7, 11) is 0. The molecular formula is C19H17BrN2O2S. The Hall–Kier alpha value is -1.79. The molecule has 4 nitrogen and oxygen atoms in total. The van der Waals surface area contributed by atoms with Gasteiger partial charge in [0.05, 0.1) is 4.91 Å². The number of likely N-dealkylation sites (tertiary alicyclic amines) is 1. The molecule has 0 saturated carbocycles. The van der Waals surface area contributed by atoms with E-state index in [1.54, 1.807) is 6.08 Å². The molecule has 0 unspecified atom stereocenters. The summed E-state index contributed by atoms with van der Waals surface area (Å²) in [6.45, 7) is 1.97. The van der Waals surface area contributed by atoms with E-state index in [1.165, 1.54) is 31.0 Å². The van der Waals surface area contributed by atoms with Crippen molar-refractivity contribution in [1.82, 2.24) is 4.90 Å². The lowest BCUT2D eigenvalue weighted by Gasteiger charge is -2.27. The average Bonchev–Trinajstić information content (AvgIpc) is 3.24. The van der Waals surface area contributed by atoms with Crippen molar-refractivity contribution in [1.29, 1.82) is 0 Å². The molecule has 6 heteroatoms. The van der Waals surface area contributed by atoms with E-state index in [9.17, 15) is 4.79 Å². The third kappa shape index (κ3) is 3.75. The molecule has 2 aliphatic rings. The van der Waals surface area contributed by atoms with Crippen LogP contribution >= 0.6 is 27.7 Å². The smallest absolute Gasteiger partial charge is 0.286 e. The van der Waals surface area contributed by atoms with E-state index in [1.807, 2.05) is 36.4 Å². The molecule has 0 atom stereocenters. The van der Waals surface area contributed by atoms with Crippen LogP contribution in [0.3, 0.4) is 0 Å². The van der Waals surface area contributed by atoms with Gasteiger partial charge in [-0.2, -0.15) is 4.99 Å². The lowest BCUT2D eigenvalue weighted by Crippen LogP contribution is -2.33. The number of thioether (sulfide) groups is 1. The van der Waals surface area contributed by atoms with Crippen LogP contribution in [0, 0.1) is 0 Å². The highest BCUT2D eigenvalue weighted by Gasteiger charge is 2.27. The second kappa shape index (κ2) is 7.22. The van der Waals surface area contributed by atoms with Gasteiger partial charge in [-0.15, -0.1) is 0 Å². The fourth-order valence-corrected chi connectivity index (χ4v) is 4.32. The van der Waals surface area contributed by atoms with Crippen molar-refractivity contribution in [2.45, 2.75) is 19.3 Å². The molecular weight excluding hydrogens is 400 g/mol. The minimum atomic E-state index is -0.175. The summed E-state index contributed by atoms with van der Waals surface area (Å²) < 4.78 is 6.89. The molecule has 1 aromatic heterocycles. The van der Waals surface area contributed by atoms with Crippen LogP contribution in [0.2, 0.25) is 0 Å². The summed E-state index contributed by atoms with van der Waals surface area (Å²) >= 11 is 4.92. The first-order valence-corrected chi connectivity index (χ1v) is 9.93. The van der Waals surface area contributed by atoms with Gasteiger partial charge < -0.3 is 9.32 Å². The van der Waals surface area contributed by atoms with Crippen LogP contribution in [0.1, 0.15) is 25.0 Å². The van der Waals surface area contributed by atoms with E-state index in [2.05, 4.69) is 25.8 Å². The Morgan fingerprint density at radius 1 is 1.16 bits per heavy atom. The lowest BCUT2D eigenvalue weighted by atomic mass is 10.1. The third-order valence-electron chi connectivity index (χ3n) is 4.25. The molecule has 0 radical (unpaired) electrons. The summed E-state index contributed by atoms with van der Waals surface area (Å²) in [5, 5.41) is 0.828. The number of carbonyl (C=O) groups excluding carboxylic acids is 1. The van der Waals surface area contributed by atoms with Crippen molar-refractivity contribution in [3.05, 3.63) is 51.5 Å². The number of piperidine rings is 1. The molecule has 0 bridgehead atoms. The maximum atomic E-state index is 12.2. The van der Waals surface area contributed by atoms with Crippen molar-refractivity contribution in [2.24, 2.45) is 4.99 Å². The molecule has 1 saturated heterocycles. The molecule has 0 N–H and O–H groups in total. The number of amidine groups is 1. The quantitative estimate of drug-likeness (QED) is 0.633. The summed E-state index contributed by atoms with van der Waals surface area (Å²) in [4.78, 5) is 19.3. The molecule has 1 fully saturated rings. The summed E-state index contributed by atoms with van der Waals surface area (Å²) in [5.41, 5.74) is 0.995. The van der Waals surface area contributed by atoms with Crippen molar-refractivity contribution >= 4 is 44.8 Å². The normalized spacial score (nSPS) is 19.6. The minimum absolute atomic E-state index is 0.175. The Kier molecular flexibility index (Phi) is 4.81. The van der Waals surface area contributed by atoms with E-state index in [4.69, 9.17) is 4.42 Å². The van der Waals surface area contributed by atoms with Crippen LogP contribution in [-0.4, -0.2) is 29.1 Å². The fraction of sp³-hybridized carbons (Fsp3) is 0.263.